The van der Waals surface area contributed by atoms with Gasteiger partial charge in [-0.2, -0.15) is 0 Å². The van der Waals surface area contributed by atoms with Crippen LogP contribution in [0.4, 0.5) is 0 Å². The summed E-state index contributed by atoms with van der Waals surface area (Å²) in [4.78, 5) is 16.3. The SMILES string of the molecule is CCc1ccc2nc(C3CCCC3)cc(C(=O)O)c2c1. The van der Waals surface area contributed by atoms with Crippen molar-refractivity contribution >= 4 is 16.9 Å². The van der Waals surface area contributed by atoms with Gasteiger partial charge in [0.2, 0.25) is 0 Å². The molecule has 3 nitrogen and oxygen atoms in total. The Balaban J connectivity index is 2.18. The third-order valence-electron chi connectivity index (χ3n) is 4.31. The highest BCUT2D eigenvalue weighted by atomic mass is 16.4. The molecule has 3 heteroatoms. The highest BCUT2D eigenvalue weighted by Crippen LogP contribution is 2.34. The zero-order chi connectivity index (χ0) is 14.1. The second-order valence-corrected chi connectivity index (χ2v) is 5.59. The second kappa shape index (κ2) is 5.23. The van der Waals surface area contributed by atoms with Crippen molar-refractivity contribution in [2.45, 2.75) is 44.9 Å². The van der Waals surface area contributed by atoms with Gasteiger partial charge in [-0.1, -0.05) is 25.8 Å². The van der Waals surface area contributed by atoms with Crippen molar-refractivity contribution in [2.24, 2.45) is 0 Å². The van der Waals surface area contributed by atoms with Crippen LogP contribution < -0.4 is 0 Å². The molecule has 1 N–H and O–H groups in total. The molecule has 1 aliphatic rings. The summed E-state index contributed by atoms with van der Waals surface area (Å²) < 4.78 is 0. The highest BCUT2D eigenvalue weighted by molar-refractivity contribution is 6.02. The maximum Gasteiger partial charge on any atom is 0.336 e. The van der Waals surface area contributed by atoms with Gasteiger partial charge in [-0.25, -0.2) is 4.79 Å². The van der Waals surface area contributed by atoms with E-state index in [0.717, 1.165) is 41.4 Å². The molecule has 1 heterocycles. The molecule has 0 atom stereocenters. The molecule has 1 aliphatic carbocycles. The van der Waals surface area contributed by atoms with E-state index in [1.165, 1.54) is 12.8 Å². The van der Waals surface area contributed by atoms with Crippen LogP contribution in [0.15, 0.2) is 24.3 Å². The smallest absolute Gasteiger partial charge is 0.336 e. The standard InChI is InChI=1S/C17H19NO2/c1-2-11-7-8-15-13(9-11)14(17(19)20)10-16(18-15)12-5-3-4-6-12/h7-10,12H,2-6H2,1H3,(H,19,20). The predicted octanol–water partition coefficient (Wildman–Crippen LogP) is 4.15. The second-order valence-electron chi connectivity index (χ2n) is 5.59. The van der Waals surface area contributed by atoms with E-state index in [2.05, 4.69) is 6.92 Å². The van der Waals surface area contributed by atoms with E-state index >= 15 is 0 Å². The fourth-order valence-electron chi connectivity index (χ4n) is 3.12. The number of aryl methyl sites for hydroxylation is 1. The molecule has 2 aromatic rings. The van der Waals surface area contributed by atoms with E-state index < -0.39 is 5.97 Å². The zero-order valence-electron chi connectivity index (χ0n) is 11.7. The van der Waals surface area contributed by atoms with Crippen molar-refractivity contribution in [2.75, 3.05) is 0 Å². The molecule has 1 fully saturated rings. The molecule has 0 aliphatic heterocycles. The van der Waals surface area contributed by atoms with Gasteiger partial charge in [0.1, 0.15) is 0 Å². The summed E-state index contributed by atoms with van der Waals surface area (Å²) in [6.07, 6.45) is 5.61. The van der Waals surface area contributed by atoms with Crippen LogP contribution >= 0.6 is 0 Å². The number of rotatable bonds is 3. The Morgan fingerprint density at radius 3 is 2.70 bits per heavy atom. The van der Waals surface area contributed by atoms with Gasteiger partial charge >= 0.3 is 5.97 Å². The number of fused-ring (bicyclic) bond motifs is 1. The molecule has 3 rings (SSSR count). The molecule has 20 heavy (non-hydrogen) atoms. The average molecular weight is 269 g/mol. The van der Waals surface area contributed by atoms with Gasteiger partial charge in [-0.15, -0.1) is 0 Å². The lowest BCUT2D eigenvalue weighted by Crippen LogP contribution is -2.04. The Bertz CT molecular complexity index is 657. The van der Waals surface area contributed by atoms with Crippen molar-refractivity contribution in [3.63, 3.8) is 0 Å². The maximum absolute atomic E-state index is 11.6. The quantitative estimate of drug-likeness (QED) is 0.910. The summed E-state index contributed by atoms with van der Waals surface area (Å²) in [6.45, 7) is 2.07. The third-order valence-corrected chi connectivity index (χ3v) is 4.31. The van der Waals surface area contributed by atoms with Gasteiger partial charge in [0.25, 0.3) is 0 Å². The Morgan fingerprint density at radius 1 is 1.30 bits per heavy atom. The van der Waals surface area contributed by atoms with Gasteiger partial charge in [0.15, 0.2) is 0 Å². The van der Waals surface area contributed by atoms with Crippen LogP contribution in [-0.2, 0) is 6.42 Å². The lowest BCUT2D eigenvalue weighted by atomic mass is 9.98. The molecule has 1 aromatic heterocycles. The minimum Gasteiger partial charge on any atom is -0.478 e. The molecule has 104 valence electrons. The molecule has 0 amide bonds. The molecule has 0 saturated heterocycles. The first-order valence-electron chi connectivity index (χ1n) is 7.36. The number of nitrogens with zero attached hydrogens (tertiary/aromatic N) is 1. The molecule has 0 unspecified atom stereocenters. The largest absolute Gasteiger partial charge is 0.478 e. The topological polar surface area (TPSA) is 50.2 Å². The Kier molecular flexibility index (Phi) is 3.43. The van der Waals surface area contributed by atoms with Crippen molar-refractivity contribution in [1.29, 1.82) is 0 Å². The van der Waals surface area contributed by atoms with Crippen LogP contribution in [-0.4, -0.2) is 16.1 Å². The average Bonchev–Trinajstić information content (AvgIpc) is 2.99. The summed E-state index contributed by atoms with van der Waals surface area (Å²) >= 11 is 0. The number of carboxylic acids is 1. The van der Waals surface area contributed by atoms with Gasteiger partial charge in [0.05, 0.1) is 11.1 Å². The number of aromatic carboxylic acids is 1. The zero-order valence-corrected chi connectivity index (χ0v) is 11.7. The van der Waals surface area contributed by atoms with Crippen molar-refractivity contribution in [1.82, 2.24) is 4.98 Å². The summed E-state index contributed by atoms with van der Waals surface area (Å²) in [5.41, 5.74) is 3.31. The molecular formula is C17H19NO2. The number of carboxylic acid groups (broad SMARTS) is 1. The molecule has 0 spiro atoms. The van der Waals surface area contributed by atoms with Crippen LogP contribution in [0.2, 0.25) is 0 Å². The van der Waals surface area contributed by atoms with Crippen LogP contribution in [0, 0.1) is 0 Å². The summed E-state index contributed by atoms with van der Waals surface area (Å²) in [5, 5.41) is 10.2. The van der Waals surface area contributed by atoms with E-state index in [0.29, 0.717) is 11.5 Å². The predicted molar refractivity (Wildman–Crippen MR) is 79.3 cm³/mol. The summed E-state index contributed by atoms with van der Waals surface area (Å²) in [5.74, 6) is -0.423. The van der Waals surface area contributed by atoms with Gasteiger partial charge in [-0.05, 0) is 43.0 Å². The monoisotopic (exact) mass is 269 g/mol. The molecule has 1 saturated carbocycles. The molecular weight excluding hydrogens is 250 g/mol. The Hall–Kier alpha value is -1.90. The van der Waals surface area contributed by atoms with Gasteiger partial charge in [0, 0.05) is 17.0 Å². The van der Waals surface area contributed by atoms with E-state index in [4.69, 9.17) is 4.98 Å². The first-order chi connectivity index (χ1) is 9.69. The van der Waals surface area contributed by atoms with Crippen LogP contribution in [0.1, 0.15) is 60.1 Å². The van der Waals surface area contributed by atoms with Crippen molar-refractivity contribution in [3.05, 3.63) is 41.1 Å². The Morgan fingerprint density at radius 2 is 2.05 bits per heavy atom. The first kappa shape index (κ1) is 13.1. The van der Waals surface area contributed by atoms with Crippen molar-refractivity contribution in [3.8, 4) is 0 Å². The number of aromatic nitrogens is 1. The maximum atomic E-state index is 11.6. The highest BCUT2D eigenvalue weighted by Gasteiger charge is 2.21. The fourth-order valence-corrected chi connectivity index (χ4v) is 3.12. The molecule has 1 aromatic carbocycles. The summed E-state index contributed by atoms with van der Waals surface area (Å²) in [7, 11) is 0. The number of hydrogen-bond donors (Lipinski definition) is 1. The van der Waals surface area contributed by atoms with Crippen LogP contribution in [0.25, 0.3) is 10.9 Å². The fraction of sp³-hybridized carbons (Fsp3) is 0.412. The molecule has 0 bridgehead atoms. The van der Waals surface area contributed by atoms with E-state index in [1.54, 1.807) is 6.07 Å². The minimum atomic E-state index is -0.857. The molecule has 0 radical (unpaired) electrons. The lowest BCUT2D eigenvalue weighted by molar-refractivity contribution is 0.0699. The third kappa shape index (κ3) is 2.28. The first-order valence-corrected chi connectivity index (χ1v) is 7.36. The lowest BCUT2D eigenvalue weighted by Gasteiger charge is -2.12. The van der Waals surface area contributed by atoms with E-state index in [-0.39, 0.29) is 0 Å². The summed E-state index contributed by atoms with van der Waals surface area (Å²) in [6, 6.07) is 7.75. The van der Waals surface area contributed by atoms with Gasteiger partial charge in [-0.3, -0.25) is 4.98 Å². The van der Waals surface area contributed by atoms with Gasteiger partial charge < -0.3 is 5.11 Å². The van der Waals surface area contributed by atoms with Crippen molar-refractivity contribution < 1.29 is 9.90 Å². The number of pyridine rings is 1. The number of carbonyl (C=O) groups is 1. The Labute approximate surface area is 118 Å². The normalized spacial score (nSPS) is 15.8. The van der Waals surface area contributed by atoms with Crippen LogP contribution in [0.5, 0.6) is 0 Å². The van der Waals surface area contributed by atoms with E-state index in [1.807, 2.05) is 18.2 Å². The number of benzene rings is 1. The minimum absolute atomic E-state index is 0.396. The number of hydrogen-bond acceptors (Lipinski definition) is 2. The van der Waals surface area contributed by atoms with E-state index in [9.17, 15) is 9.90 Å². The van der Waals surface area contributed by atoms with Crippen LogP contribution in [0.3, 0.4) is 0 Å².